The van der Waals surface area contributed by atoms with Crippen LogP contribution in [0.5, 0.6) is 5.75 Å². The number of nitrogens with one attached hydrogen (secondary N) is 1. The fourth-order valence-corrected chi connectivity index (χ4v) is 3.85. The van der Waals surface area contributed by atoms with Crippen molar-refractivity contribution >= 4 is 57.8 Å². The zero-order chi connectivity index (χ0) is 20.4. The molecule has 1 fully saturated rings. The molecule has 3 aromatic rings. The molecule has 0 saturated carbocycles. The van der Waals surface area contributed by atoms with Crippen LogP contribution in [0.4, 0.5) is 5.69 Å². The van der Waals surface area contributed by atoms with Gasteiger partial charge in [0.1, 0.15) is 17.3 Å². The Balaban J connectivity index is 1.54. The molecule has 1 aromatic heterocycles. The number of nitrogens with zero attached hydrogens (tertiary/aromatic N) is 1. The Morgan fingerprint density at radius 1 is 1.10 bits per heavy atom. The number of ether oxygens (including phenoxy) is 1. The lowest BCUT2D eigenvalue weighted by Gasteiger charge is -2.01. The number of amidine groups is 1. The molecule has 0 atom stereocenters. The number of benzene rings is 2. The lowest BCUT2D eigenvalue weighted by Crippen LogP contribution is -2.19. The molecule has 0 radical (unpaired) electrons. The lowest BCUT2D eigenvalue weighted by molar-refractivity contribution is -0.115. The molecule has 1 saturated heterocycles. The summed E-state index contributed by atoms with van der Waals surface area (Å²) in [6.45, 7) is 0. The number of carbonyl (C=O) groups is 1. The van der Waals surface area contributed by atoms with E-state index < -0.39 is 0 Å². The van der Waals surface area contributed by atoms with E-state index in [9.17, 15) is 4.79 Å². The molecule has 1 N–H and O–H groups in total. The van der Waals surface area contributed by atoms with Crippen molar-refractivity contribution in [1.29, 1.82) is 0 Å². The van der Waals surface area contributed by atoms with Gasteiger partial charge < -0.3 is 14.5 Å². The largest absolute Gasteiger partial charge is 0.497 e. The second-order valence-corrected chi connectivity index (χ2v) is 7.88. The minimum Gasteiger partial charge on any atom is -0.497 e. The number of amides is 1. The second-order valence-electron chi connectivity index (χ2n) is 6.01. The van der Waals surface area contributed by atoms with Gasteiger partial charge in [0.2, 0.25) is 0 Å². The van der Waals surface area contributed by atoms with Crippen LogP contribution < -0.4 is 10.1 Å². The van der Waals surface area contributed by atoms with Crippen molar-refractivity contribution in [1.82, 2.24) is 5.32 Å². The number of halogens is 2. The highest BCUT2D eigenvalue weighted by Crippen LogP contribution is 2.34. The van der Waals surface area contributed by atoms with Gasteiger partial charge in [-0.3, -0.25) is 4.79 Å². The number of methoxy groups -OCH3 is 1. The summed E-state index contributed by atoms with van der Waals surface area (Å²) >= 11 is 13.5. The van der Waals surface area contributed by atoms with Gasteiger partial charge in [-0.1, -0.05) is 23.2 Å². The van der Waals surface area contributed by atoms with Crippen molar-refractivity contribution in [3.05, 3.63) is 75.3 Å². The molecule has 0 spiro atoms. The third-order valence-corrected chi connectivity index (χ3v) is 5.52. The van der Waals surface area contributed by atoms with E-state index in [2.05, 4.69) is 10.3 Å². The van der Waals surface area contributed by atoms with Crippen LogP contribution in [0.1, 0.15) is 5.76 Å². The molecule has 0 unspecified atom stereocenters. The number of thioether (sulfide) groups is 1. The van der Waals surface area contributed by atoms with E-state index in [1.54, 1.807) is 43.5 Å². The monoisotopic (exact) mass is 444 g/mol. The molecule has 0 aliphatic carbocycles. The zero-order valence-corrected chi connectivity index (χ0v) is 17.4. The summed E-state index contributed by atoms with van der Waals surface area (Å²) in [4.78, 5) is 17.2. The molecule has 5 nitrogen and oxygen atoms in total. The standard InChI is InChI=1S/C21H14Cl2N2O3S/c1-27-14-5-3-13(4-6-14)24-21-25-20(26)19(29-21)11-15-7-9-18(28-15)16-10-12(22)2-8-17(16)23/h2-11H,1H3,(H,24,25,26). The van der Waals surface area contributed by atoms with Crippen molar-refractivity contribution in [2.45, 2.75) is 0 Å². The van der Waals surface area contributed by atoms with Gasteiger partial charge in [0.15, 0.2) is 5.17 Å². The Kier molecular flexibility index (Phi) is 5.67. The third kappa shape index (κ3) is 4.50. The first-order chi connectivity index (χ1) is 14.0. The molecule has 8 heteroatoms. The molecule has 2 aromatic carbocycles. The topological polar surface area (TPSA) is 63.8 Å². The van der Waals surface area contributed by atoms with E-state index in [4.69, 9.17) is 32.4 Å². The van der Waals surface area contributed by atoms with Crippen LogP contribution in [0, 0.1) is 0 Å². The van der Waals surface area contributed by atoms with Gasteiger partial charge in [0.25, 0.3) is 5.91 Å². The molecular weight excluding hydrogens is 431 g/mol. The van der Waals surface area contributed by atoms with Crippen LogP contribution in [0.25, 0.3) is 17.4 Å². The average Bonchev–Trinajstić information content (AvgIpc) is 3.31. The number of carbonyl (C=O) groups excluding carboxylic acids is 1. The Bertz CT molecular complexity index is 1140. The molecule has 4 rings (SSSR count). The fraction of sp³-hybridized carbons (Fsp3) is 0.0476. The number of hydrogen-bond donors (Lipinski definition) is 1. The number of aliphatic imine (C=N–C) groups is 1. The summed E-state index contributed by atoms with van der Waals surface area (Å²) in [5.41, 5.74) is 1.40. The first-order valence-electron chi connectivity index (χ1n) is 8.51. The van der Waals surface area contributed by atoms with Gasteiger partial charge in [-0.2, -0.15) is 0 Å². The van der Waals surface area contributed by atoms with E-state index in [0.717, 1.165) is 5.75 Å². The predicted octanol–water partition coefficient (Wildman–Crippen LogP) is 6.15. The molecule has 1 amide bonds. The smallest absolute Gasteiger partial charge is 0.264 e. The lowest BCUT2D eigenvalue weighted by atomic mass is 10.2. The van der Waals surface area contributed by atoms with Gasteiger partial charge in [0.05, 0.1) is 22.7 Å². The van der Waals surface area contributed by atoms with Gasteiger partial charge in [0, 0.05) is 16.7 Å². The van der Waals surface area contributed by atoms with Crippen molar-refractivity contribution in [2.75, 3.05) is 7.11 Å². The summed E-state index contributed by atoms with van der Waals surface area (Å²) in [5, 5.41) is 4.34. The van der Waals surface area contributed by atoms with Crippen LogP contribution in [0.3, 0.4) is 0 Å². The minimum atomic E-state index is -0.235. The Hall–Kier alpha value is -2.67. The first kappa shape index (κ1) is 19.6. The van der Waals surface area contributed by atoms with Crippen LogP contribution >= 0.6 is 35.0 Å². The van der Waals surface area contributed by atoms with Crippen molar-refractivity contribution in [2.24, 2.45) is 4.99 Å². The Labute approximate surface area is 181 Å². The highest BCUT2D eigenvalue weighted by Gasteiger charge is 2.24. The van der Waals surface area contributed by atoms with Gasteiger partial charge in [-0.25, -0.2) is 4.99 Å². The van der Waals surface area contributed by atoms with Crippen LogP contribution in [-0.4, -0.2) is 18.2 Å². The molecule has 1 aliphatic heterocycles. The maximum atomic E-state index is 12.3. The van der Waals surface area contributed by atoms with E-state index >= 15 is 0 Å². The van der Waals surface area contributed by atoms with E-state index in [-0.39, 0.29) is 5.91 Å². The van der Waals surface area contributed by atoms with Crippen molar-refractivity contribution in [3.8, 4) is 17.1 Å². The number of rotatable bonds is 4. The van der Waals surface area contributed by atoms with Gasteiger partial charge in [-0.15, -0.1) is 0 Å². The molecule has 1 aliphatic rings. The summed E-state index contributed by atoms with van der Waals surface area (Å²) in [6.07, 6.45) is 1.67. The van der Waals surface area contributed by atoms with E-state index in [1.807, 2.05) is 24.3 Å². The maximum Gasteiger partial charge on any atom is 0.264 e. The first-order valence-corrected chi connectivity index (χ1v) is 10.1. The van der Waals surface area contributed by atoms with Crippen LogP contribution in [0.2, 0.25) is 10.0 Å². The van der Waals surface area contributed by atoms with Crippen LogP contribution in [0.15, 0.2) is 68.9 Å². The average molecular weight is 445 g/mol. The number of furan rings is 1. The van der Waals surface area contributed by atoms with Crippen LogP contribution in [-0.2, 0) is 4.79 Å². The maximum absolute atomic E-state index is 12.3. The van der Waals surface area contributed by atoms with Gasteiger partial charge >= 0.3 is 0 Å². The quantitative estimate of drug-likeness (QED) is 0.489. The molecule has 146 valence electrons. The predicted molar refractivity (Wildman–Crippen MR) is 118 cm³/mol. The zero-order valence-electron chi connectivity index (χ0n) is 15.1. The SMILES string of the molecule is COc1ccc(N=C2NC(=O)C(=Cc3ccc(-c4cc(Cl)ccc4Cl)o3)S2)cc1. The molecule has 2 heterocycles. The minimum absolute atomic E-state index is 0.235. The van der Waals surface area contributed by atoms with Gasteiger partial charge in [-0.05, 0) is 66.4 Å². The fourth-order valence-electron chi connectivity index (χ4n) is 2.65. The summed E-state index contributed by atoms with van der Waals surface area (Å²) in [6, 6.07) is 16.0. The summed E-state index contributed by atoms with van der Waals surface area (Å²) < 4.78 is 11.0. The highest BCUT2D eigenvalue weighted by atomic mass is 35.5. The van der Waals surface area contributed by atoms with Crippen molar-refractivity contribution in [3.63, 3.8) is 0 Å². The van der Waals surface area contributed by atoms with Crippen molar-refractivity contribution < 1.29 is 13.9 Å². The number of hydrogen-bond acceptors (Lipinski definition) is 5. The molecular formula is C21H14Cl2N2O3S. The molecule has 0 bridgehead atoms. The summed E-state index contributed by atoms with van der Waals surface area (Å²) in [7, 11) is 1.60. The van der Waals surface area contributed by atoms with E-state index in [1.165, 1.54) is 11.8 Å². The third-order valence-electron chi connectivity index (χ3n) is 4.05. The second kappa shape index (κ2) is 8.37. The van der Waals surface area contributed by atoms with E-state index in [0.29, 0.717) is 42.9 Å². The summed E-state index contributed by atoms with van der Waals surface area (Å²) in [5.74, 6) is 1.60. The Morgan fingerprint density at radius 2 is 1.90 bits per heavy atom. The highest BCUT2D eigenvalue weighted by molar-refractivity contribution is 8.18. The molecule has 29 heavy (non-hydrogen) atoms. The Morgan fingerprint density at radius 3 is 2.66 bits per heavy atom. The normalized spacial score (nSPS) is 16.4.